The van der Waals surface area contributed by atoms with Crippen LogP contribution >= 0.6 is 11.3 Å². The van der Waals surface area contributed by atoms with Crippen LogP contribution in [0.15, 0.2) is 11.4 Å². The minimum atomic E-state index is -0.321. The van der Waals surface area contributed by atoms with Crippen LogP contribution in [0, 0.1) is 0 Å². The number of nitrogens with zero attached hydrogens (tertiary/aromatic N) is 1. The molecule has 1 aromatic rings. The van der Waals surface area contributed by atoms with Crippen LogP contribution in [-0.2, 0) is 22.6 Å². The van der Waals surface area contributed by atoms with Gasteiger partial charge in [0, 0.05) is 24.5 Å². The van der Waals surface area contributed by atoms with Crippen LogP contribution in [0.2, 0.25) is 0 Å². The number of carbonyl (C=O) groups excluding carboxylic acids is 1. The van der Waals surface area contributed by atoms with Gasteiger partial charge in [0.1, 0.15) is 0 Å². The summed E-state index contributed by atoms with van der Waals surface area (Å²) in [7, 11) is 0. The molecule has 0 amide bonds. The molecule has 1 aliphatic heterocycles. The number of fused-ring (bicyclic) bond motifs is 1. The van der Waals surface area contributed by atoms with Crippen molar-refractivity contribution in [2.45, 2.75) is 19.4 Å². The molecule has 1 aromatic heterocycles. The predicted molar refractivity (Wildman–Crippen MR) is 61.3 cm³/mol. The molecule has 0 saturated heterocycles. The molecule has 2 rings (SSSR count). The summed E-state index contributed by atoms with van der Waals surface area (Å²) in [5, 5.41) is 2.13. The standard InChI is InChI=1S/C10H15N3O2S/c11-12-15-10(14)2-5-13-4-1-9-8(7-13)3-6-16-9/h3,6,12H,1-2,4-5,7,11H2. The van der Waals surface area contributed by atoms with Crippen LogP contribution in [0.25, 0.3) is 0 Å². The van der Waals surface area contributed by atoms with E-state index in [9.17, 15) is 4.79 Å². The summed E-state index contributed by atoms with van der Waals surface area (Å²) in [5.41, 5.74) is 3.29. The van der Waals surface area contributed by atoms with Crippen LogP contribution in [-0.4, -0.2) is 24.0 Å². The number of hydrazine groups is 1. The van der Waals surface area contributed by atoms with Crippen molar-refractivity contribution in [3.63, 3.8) is 0 Å². The number of carbonyl (C=O) groups is 1. The first-order valence-electron chi connectivity index (χ1n) is 5.22. The lowest BCUT2D eigenvalue weighted by atomic mass is 10.1. The van der Waals surface area contributed by atoms with E-state index >= 15 is 0 Å². The molecule has 0 atom stereocenters. The molecular formula is C10H15N3O2S. The Balaban J connectivity index is 1.79. The van der Waals surface area contributed by atoms with Crippen LogP contribution < -0.4 is 11.4 Å². The average molecular weight is 241 g/mol. The van der Waals surface area contributed by atoms with Gasteiger partial charge < -0.3 is 4.84 Å². The Morgan fingerprint density at radius 1 is 1.69 bits per heavy atom. The minimum Gasteiger partial charge on any atom is -0.356 e. The summed E-state index contributed by atoms with van der Waals surface area (Å²) >= 11 is 1.82. The number of rotatable bonds is 4. The highest BCUT2D eigenvalue weighted by atomic mass is 32.1. The highest BCUT2D eigenvalue weighted by Gasteiger charge is 2.17. The molecule has 0 spiro atoms. The van der Waals surface area contributed by atoms with Crippen molar-refractivity contribution in [2.24, 2.45) is 5.84 Å². The van der Waals surface area contributed by atoms with E-state index in [1.165, 1.54) is 10.4 Å². The van der Waals surface area contributed by atoms with Gasteiger partial charge >= 0.3 is 5.97 Å². The normalized spacial score (nSPS) is 15.8. The van der Waals surface area contributed by atoms with E-state index in [-0.39, 0.29) is 5.97 Å². The summed E-state index contributed by atoms with van der Waals surface area (Å²) in [4.78, 5) is 19.3. The fraction of sp³-hybridized carbons (Fsp3) is 0.500. The third kappa shape index (κ3) is 2.79. The lowest BCUT2D eigenvalue weighted by Crippen LogP contribution is -2.33. The molecule has 0 aliphatic carbocycles. The molecule has 0 radical (unpaired) electrons. The fourth-order valence-corrected chi connectivity index (χ4v) is 2.75. The molecule has 5 nitrogen and oxygen atoms in total. The van der Waals surface area contributed by atoms with Gasteiger partial charge in [-0.2, -0.15) is 0 Å². The van der Waals surface area contributed by atoms with Gasteiger partial charge in [-0.1, -0.05) is 5.59 Å². The van der Waals surface area contributed by atoms with Gasteiger partial charge in [0.05, 0.1) is 6.42 Å². The van der Waals surface area contributed by atoms with Crippen LogP contribution in [0.3, 0.4) is 0 Å². The van der Waals surface area contributed by atoms with E-state index < -0.39 is 0 Å². The minimum absolute atomic E-state index is 0.321. The molecule has 0 fully saturated rings. The number of thiophene rings is 1. The molecule has 16 heavy (non-hydrogen) atoms. The van der Waals surface area contributed by atoms with Gasteiger partial charge in [-0.3, -0.25) is 9.69 Å². The molecular weight excluding hydrogens is 226 g/mol. The van der Waals surface area contributed by atoms with Crippen LogP contribution in [0.5, 0.6) is 0 Å². The van der Waals surface area contributed by atoms with E-state index in [0.29, 0.717) is 6.42 Å². The van der Waals surface area contributed by atoms with Crippen molar-refractivity contribution >= 4 is 17.3 Å². The molecule has 0 bridgehead atoms. The van der Waals surface area contributed by atoms with Crippen molar-refractivity contribution in [1.82, 2.24) is 10.5 Å². The fourth-order valence-electron chi connectivity index (χ4n) is 1.86. The summed E-state index contributed by atoms with van der Waals surface area (Å²) in [6.45, 7) is 2.66. The van der Waals surface area contributed by atoms with Crippen molar-refractivity contribution < 1.29 is 9.63 Å². The maximum absolute atomic E-state index is 11.1. The number of nitrogens with two attached hydrogens (primary N) is 1. The average Bonchev–Trinajstić information content (AvgIpc) is 2.74. The molecule has 0 saturated carbocycles. The van der Waals surface area contributed by atoms with Gasteiger partial charge in [-0.05, 0) is 23.4 Å². The van der Waals surface area contributed by atoms with Crippen molar-refractivity contribution in [3.8, 4) is 0 Å². The first-order valence-corrected chi connectivity index (χ1v) is 6.10. The lowest BCUT2D eigenvalue weighted by Gasteiger charge is -2.26. The van der Waals surface area contributed by atoms with Crippen LogP contribution in [0.1, 0.15) is 16.9 Å². The molecule has 0 unspecified atom stereocenters. The Kier molecular flexibility index (Phi) is 3.89. The Bertz CT molecular complexity index is 367. The SMILES string of the molecule is NNOC(=O)CCN1CCc2sccc2C1. The summed E-state index contributed by atoms with van der Waals surface area (Å²) in [6.07, 6.45) is 1.45. The maximum Gasteiger partial charge on any atom is 0.327 e. The van der Waals surface area contributed by atoms with Gasteiger partial charge in [0.25, 0.3) is 0 Å². The highest BCUT2D eigenvalue weighted by Crippen LogP contribution is 2.23. The second-order valence-corrected chi connectivity index (χ2v) is 4.74. The Morgan fingerprint density at radius 2 is 2.56 bits per heavy atom. The second kappa shape index (κ2) is 5.40. The second-order valence-electron chi connectivity index (χ2n) is 3.74. The van der Waals surface area contributed by atoms with Crippen molar-refractivity contribution in [2.75, 3.05) is 13.1 Å². The zero-order valence-corrected chi connectivity index (χ0v) is 9.76. The zero-order chi connectivity index (χ0) is 11.4. The predicted octanol–water partition coefficient (Wildman–Crippen LogP) is 0.418. The highest BCUT2D eigenvalue weighted by molar-refractivity contribution is 7.10. The van der Waals surface area contributed by atoms with Gasteiger partial charge in [0.15, 0.2) is 0 Å². The molecule has 88 valence electrons. The maximum atomic E-state index is 11.1. The van der Waals surface area contributed by atoms with Gasteiger partial charge in [0.2, 0.25) is 0 Å². The molecule has 6 heteroatoms. The van der Waals surface area contributed by atoms with Gasteiger partial charge in [-0.15, -0.1) is 11.3 Å². The van der Waals surface area contributed by atoms with E-state index in [2.05, 4.69) is 21.2 Å². The number of nitrogens with one attached hydrogen (secondary N) is 1. The first-order chi connectivity index (χ1) is 7.79. The Hall–Kier alpha value is -0.950. The van der Waals surface area contributed by atoms with Crippen molar-refractivity contribution in [3.05, 3.63) is 21.9 Å². The third-order valence-corrected chi connectivity index (χ3v) is 3.71. The smallest absolute Gasteiger partial charge is 0.327 e. The monoisotopic (exact) mass is 241 g/mol. The summed E-state index contributed by atoms with van der Waals surface area (Å²) in [5.74, 6) is 4.56. The largest absolute Gasteiger partial charge is 0.356 e. The first kappa shape index (κ1) is 11.5. The number of hydrogen-bond donors (Lipinski definition) is 2. The van der Waals surface area contributed by atoms with E-state index in [1.54, 1.807) is 0 Å². The van der Waals surface area contributed by atoms with Crippen molar-refractivity contribution in [1.29, 1.82) is 0 Å². The van der Waals surface area contributed by atoms with E-state index in [4.69, 9.17) is 5.84 Å². The van der Waals surface area contributed by atoms with E-state index in [1.807, 2.05) is 16.9 Å². The Labute approximate surface area is 98.1 Å². The van der Waals surface area contributed by atoms with Crippen LogP contribution in [0.4, 0.5) is 0 Å². The summed E-state index contributed by atoms with van der Waals surface area (Å²) in [6, 6.07) is 2.16. The van der Waals surface area contributed by atoms with E-state index in [0.717, 1.165) is 26.1 Å². The molecule has 1 aliphatic rings. The zero-order valence-electron chi connectivity index (χ0n) is 8.94. The quantitative estimate of drug-likeness (QED) is 0.590. The lowest BCUT2D eigenvalue weighted by molar-refractivity contribution is -0.151. The summed E-state index contributed by atoms with van der Waals surface area (Å²) < 4.78 is 0. The Morgan fingerprint density at radius 3 is 3.38 bits per heavy atom. The molecule has 3 N–H and O–H groups in total. The topological polar surface area (TPSA) is 67.6 Å². The van der Waals surface area contributed by atoms with Gasteiger partial charge in [-0.25, -0.2) is 5.84 Å². The molecule has 0 aromatic carbocycles. The third-order valence-electron chi connectivity index (χ3n) is 2.69. The number of hydrogen-bond acceptors (Lipinski definition) is 6. The molecule has 2 heterocycles.